The van der Waals surface area contributed by atoms with Gasteiger partial charge in [-0.05, 0) is 32.9 Å². The van der Waals surface area contributed by atoms with Gasteiger partial charge in [0.05, 0.1) is 13.2 Å². The van der Waals surface area contributed by atoms with Crippen molar-refractivity contribution in [1.82, 2.24) is 0 Å². The highest BCUT2D eigenvalue weighted by atomic mass is 16.6. The van der Waals surface area contributed by atoms with Crippen LogP contribution in [0.5, 0.6) is 0 Å². The summed E-state index contributed by atoms with van der Waals surface area (Å²) in [6.45, 7) is 5.31. The predicted molar refractivity (Wildman–Crippen MR) is 79.3 cm³/mol. The number of carbonyl (C=O) groups is 2. The molecule has 21 heavy (non-hydrogen) atoms. The maximum atomic E-state index is 12.0. The lowest BCUT2D eigenvalue weighted by Crippen LogP contribution is -2.39. The van der Waals surface area contributed by atoms with Crippen LogP contribution in [0.15, 0.2) is 30.3 Å². The highest BCUT2D eigenvalue weighted by Gasteiger charge is 2.43. The van der Waals surface area contributed by atoms with E-state index in [1.54, 1.807) is 13.8 Å². The van der Waals surface area contributed by atoms with Crippen molar-refractivity contribution in [3.8, 4) is 11.8 Å². The van der Waals surface area contributed by atoms with E-state index in [2.05, 4.69) is 11.8 Å². The van der Waals surface area contributed by atoms with Crippen LogP contribution in [0, 0.1) is 17.3 Å². The average Bonchev–Trinajstić information content (AvgIpc) is 2.48. The second-order valence-electron chi connectivity index (χ2n) is 4.62. The van der Waals surface area contributed by atoms with Crippen LogP contribution in [0.3, 0.4) is 0 Å². The number of rotatable bonds is 5. The number of benzene rings is 1. The summed E-state index contributed by atoms with van der Waals surface area (Å²) in [5, 5.41) is 0. The average molecular weight is 288 g/mol. The van der Waals surface area contributed by atoms with Gasteiger partial charge in [0.15, 0.2) is 5.41 Å². The SMILES string of the molecule is CCOC(=O)C(C)(CC#Cc1ccccc1)C(=O)OCC. The molecular weight excluding hydrogens is 268 g/mol. The van der Waals surface area contributed by atoms with E-state index in [1.165, 1.54) is 6.92 Å². The van der Waals surface area contributed by atoms with Crippen LogP contribution >= 0.6 is 0 Å². The van der Waals surface area contributed by atoms with Crippen molar-refractivity contribution in [2.75, 3.05) is 13.2 Å². The number of carbonyl (C=O) groups excluding carboxylic acids is 2. The minimum atomic E-state index is -1.40. The fraction of sp³-hybridized carbons (Fsp3) is 0.412. The molecule has 1 rings (SSSR count). The summed E-state index contributed by atoms with van der Waals surface area (Å²) in [5.41, 5.74) is -0.569. The molecule has 4 heteroatoms. The molecule has 1 aromatic rings. The molecule has 0 aliphatic rings. The minimum Gasteiger partial charge on any atom is -0.465 e. The Balaban J connectivity index is 2.90. The molecule has 0 N–H and O–H groups in total. The van der Waals surface area contributed by atoms with Gasteiger partial charge in [-0.15, -0.1) is 0 Å². The van der Waals surface area contributed by atoms with Crippen molar-refractivity contribution in [3.05, 3.63) is 35.9 Å². The molecule has 0 saturated heterocycles. The number of hydrogen-bond donors (Lipinski definition) is 0. The molecule has 0 aromatic heterocycles. The van der Waals surface area contributed by atoms with Crippen LogP contribution < -0.4 is 0 Å². The van der Waals surface area contributed by atoms with Crippen molar-refractivity contribution in [3.63, 3.8) is 0 Å². The predicted octanol–water partition coefficient (Wildman–Crippen LogP) is 2.56. The Bertz CT molecular complexity index is 519. The van der Waals surface area contributed by atoms with Crippen molar-refractivity contribution in [1.29, 1.82) is 0 Å². The van der Waals surface area contributed by atoms with Gasteiger partial charge in [0.25, 0.3) is 0 Å². The quantitative estimate of drug-likeness (QED) is 0.475. The lowest BCUT2D eigenvalue weighted by Gasteiger charge is -2.22. The van der Waals surface area contributed by atoms with Crippen LogP contribution in [-0.2, 0) is 19.1 Å². The van der Waals surface area contributed by atoms with Gasteiger partial charge in [0, 0.05) is 12.0 Å². The summed E-state index contributed by atoms with van der Waals surface area (Å²) in [6, 6.07) is 9.37. The summed E-state index contributed by atoms with van der Waals surface area (Å²) in [4.78, 5) is 24.1. The van der Waals surface area contributed by atoms with Crippen molar-refractivity contribution >= 4 is 11.9 Å². The molecule has 0 radical (unpaired) electrons. The summed E-state index contributed by atoms with van der Waals surface area (Å²) in [7, 11) is 0. The molecule has 0 aliphatic carbocycles. The third-order valence-electron chi connectivity index (χ3n) is 2.90. The second kappa shape index (κ2) is 8.11. The summed E-state index contributed by atoms with van der Waals surface area (Å²) >= 11 is 0. The van der Waals surface area contributed by atoms with E-state index in [1.807, 2.05) is 30.3 Å². The Hall–Kier alpha value is -2.28. The van der Waals surface area contributed by atoms with Crippen molar-refractivity contribution in [2.45, 2.75) is 27.2 Å². The zero-order valence-electron chi connectivity index (χ0n) is 12.6. The Labute approximate surface area is 125 Å². The largest absolute Gasteiger partial charge is 0.465 e. The minimum absolute atomic E-state index is 0.0551. The van der Waals surface area contributed by atoms with Gasteiger partial charge < -0.3 is 9.47 Å². The third kappa shape index (κ3) is 4.64. The van der Waals surface area contributed by atoms with Crippen LogP contribution in [-0.4, -0.2) is 25.2 Å². The normalized spacial score (nSPS) is 10.2. The number of hydrogen-bond acceptors (Lipinski definition) is 4. The molecule has 0 amide bonds. The van der Waals surface area contributed by atoms with Crippen LogP contribution in [0.1, 0.15) is 32.8 Å². The molecule has 0 heterocycles. The van der Waals surface area contributed by atoms with Gasteiger partial charge in [0.2, 0.25) is 0 Å². The molecule has 0 atom stereocenters. The number of ether oxygens (including phenoxy) is 2. The van der Waals surface area contributed by atoms with Gasteiger partial charge in [-0.1, -0.05) is 30.0 Å². The first kappa shape index (κ1) is 16.8. The fourth-order valence-corrected chi connectivity index (χ4v) is 1.65. The van der Waals surface area contributed by atoms with E-state index in [0.717, 1.165) is 5.56 Å². The Morgan fingerprint density at radius 1 is 1.05 bits per heavy atom. The van der Waals surface area contributed by atoms with Crippen molar-refractivity contribution < 1.29 is 19.1 Å². The Morgan fingerprint density at radius 2 is 1.57 bits per heavy atom. The van der Waals surface area contributed by atoms with Gasteiger partial charge in [-0.2, -0.15) is 0 Å². The molecular formula is C17H20O4. The topological polar surface area (TPSA) is 52.6 Å². The van der Waals surface area contributed by atoms with Gasteiger partial charge in [-0.3, -0.25) is 9.59 Å². The van der Waals surface area contributed by atoms with E-state index < -0.39 is 17.4 Å². The summed E-state index contributed by atoms with van der Waals surface area (Å²) in [6.07, 6.45) is 0.0551. The zero-order valence-corrected chi connectivity index (χ0v) is 12.6. The van der Waals surface area contributed by atoms with Crippen LogP contribution in [0.2, 0.25) is 0 Å². The molecule has 112 valence electrons. The van der Waals surface area contributed by atoms with E-state index in [4.69, 9.17) is 9.47 Å². The van der Waals surface area contributed by atoms with Gasteiger partial charge >= 0.3 is 11.9 Å². The Kier molecular flexibility index (Phi) is 6.48. The highest BCUT2D eigenvalue weighted by molar-refractivity contribution is 5.99. The van der Waals surface area contributed by atoms with E-state index >= 15 is 0 Å². The van der Waals surface area contributed by atoms with Crippen LogP contribution in [0.25, 0.3) is 0 Å². The maximum absolute atomic E-state index is 12.0. The summed E-state index contributed by atoms with van der Waals surface area (Å²) in [5.74, 6) is 4.59. The standard InChI is InChI=1S/C17H20O4/c1-4-20-15(18)17(3,16(19)21-5-2)13-9-12-14-10-7-6-8-11-14/h6-8,10-11H,4-5,13H2,1-3H3. The smallest absolute Gasteiger partial charge is 0.324 e. The summed E-state index contributed by atoms with van der Waals surface area (Å²) < 4.78 is 9.94. The van der Waals surface area contributed by atoms with E-state index in [0.29, 0.717) is 0 Å². The van der Waals surface area contributed by atoms with E-state index in [-0.39, 0.29) is 19.6 Å². The maximum Gasteiger partial charge on any atom is 0.324 e. The molecule has 0 saturated carbocycles. The lowest BCUT2D eigenvalue weighted by atomic mass is 9.87. The fourth-order valence-electron chi connectivity index (χ4n) is 1.65. The molecule has 0 bridgehead atoms. The van der Waals surface area contributed by atoms with Gasteiger partial charge in [-0.25, -0.2) is 0 Å². The molecule has 0 fully saturated rings. The Morgan fingerprint density at radius 3 is 2.05 bits per heavy atom. The van der Waals surface area contributed by atoms with E-state index in [9.17, 15) is 9.59 Å². The first-order valence-electron chi connectivity index (χ1n) is 6.93. The molecule has 0 spiro atoms. The molecule has 4 nitrogen and oxygen atoms in total. The monoisotopic (exact) mass is 288 g/mol. The van der Waals surface area contributed by atoms with Crippen molar-refractivity contribution in [2.24, 2.45) is 5.41 Å². The van der Waals surface area contributed by atoms with Gasteiger partial charge in [0.1, 0.15) is 0 Å². The lowest BCUT2D eigenvalue weighted by molar-refractivity contribution is -0.170. The first-order valence-corrected chi connectivity index (χ1v) is 6.93. The molecule has 0 unspecified atom stereocenters. The molecule has 1 aromatic carbocycles. The van der Waals surface area contributed by atoms with Crippen LogP contribution in [0.4, 0.5) is 0 Å². The number of esters is 2. The highest BCUT2D eigenvalue weighted by Crippen LogP contribution is 2.25. The first-order chi connectivity index (χ1) is 10.0. The third-order valence-corrected chi connectivity index (χ3v) is 2.90. The molecule has 0 aliphatic heterocycles. The zero-order chi connectivity index (χ0) is 15.7. The second-order valence-corrected chi connectivity index (χ2v) is 4.62.